The molecule has 0 aliphatic heterocycles. The summed E-state index contributed by atoms with van der Waals surface area (Å²) < 4.78 is 0. The molecule has 2 aromatic heterocycles. The Balaban J connectivity index is 1.56. The Labute approximate surface area is 167 Å². The highest BCUT2D eigenvalue weighted by molar-refractivity contribution is 6.08. The topological polar surface area (TPSA) is 84.0 Å². The van der Waals surface area contributed by atoms with Crippen molar-refractivity contribution in [2.24, 2.45) is 0 Å². The molecule has 4 aromatic rings. The number of amides is 1. The van der Waals surface area contributed by atoms with Gasteiger partial charge in [0.2, 0.25) is 0 Å². The van der Waals surface area contributed by atoms with Crippen LogP contribution >= 0.6 is 0 Å². The van der Waals surface area contributed by atoms with Crippen molar-refractivity contribution in [1.29, 1.82) is 0 Å². The van der Waals surface area contributed by atoms with Gasteiger partial charge in [0.15, 0.2) is 5.78 Å². The van der Waals surface area contributed by atoms with Crippen molar-refractivity contribution in [2.75, 3.05) is 10.6 Å². The molecule has 0 bridgehead atoms. The van der Waals surface area contributed by atoms with E-state index in [1.807, 2.05) is 36.4 Å². The lowest BCUT2D eigenvalue weighted by atomic mass is 10.1. The second-order valence-corrected chi connectivity index (χ2v) is 6.53. The average Bonchev–Trinajstić information content (AvgIpc) is 2.74. The lowest BCUT2D eigenvalue weighted by Crippen LogP contribution is -2.13. The van der Waals surface area contributed by atoms with Gasteiger partial charge in [-0.25, -0.2) is 4.98 Å². The lowest BCUT2D eigenvalue weighted by Gasteiger charge is -2.10. The number of carbonyl (C=O) groups is 2. The zero-order valence-electron chi connectivity index (χ0n) is 15.7. The molecule has 0 unspecified atom stereocenters. The first-order chi connectivity index (χ1) is 14.1. The van der Waals surface area contributed by atoms with E-state index in [9.17, 15) is 9.59 Å². The van der Waals surface area contributed by atoms with Crippen molar-refractivity contribution in [2.45, 2.75) is 6.92 Å². The minimum absolute atomic E-state index is 0.0153. The van der Waals surface area contributed by atoms with Crippen LogP contribution < -0.4 is 10.6 Å². The second-order valence-electron chi connectivity index (χ2n) is 6.53. The predicted molar refractivity (Wildman–Crippen MR) is 114 cm³/mol. The fraction of sp³-hybridized carbons (Fsp3) is 0.0435. The van der Waals surface area contributed by atoms with Gasteiger partial charge < -0.3 is 10.6 Å². The Morgan fingerprint density at radius 3 is 2.52 bits per heavy atom. The highest BCUT2D eigenvalue weighted by Gasteiger charge is 2.10. The molecular formula is C23H18N4O2. The molecule has 0 spiro atoms. The van der Waals surface area contributed by atoms with Crippen LogP contribution in [0.1, 0.15) is 27.6 Å². The summed E-state index contributed by atoms with van der Waals surface area (Å²) in [5.74, 6) is 0.235. The fourth-order valence-corrected chi connectivity index (χ4v) is 3.00. The van der Waals surface area contributed by atoms with E-state index >= 15 is 0 Å². The number of Topliss-reactive ketones (excluding diaryl/α,β-unsaturated/α-hetero) is 1. The third-order valence-corrected chi connectivity index (χ3v) is 4.44. The van der Waals surface area contributed by atoms with Crippen LogP contribution in [0.2, 0.25) is 0 Å². The van der Waals surface area contributed by atoms with Crippen molar-refractivity contribution >= 4 is 39.8 Å². The first-order valence-corrected chi connectivity index (χ1v) is 9.09. The summed E-state index contributed by atoms with van der Waals surface area (Å²) in [5, 5.41) is 7.00. The van der Waals surface area contributed by atoms with Gasteiger partial charge in [-0.15, -0.1) is 0 Å². The van der Waals surface area contributed by atoms with Crippen LogP contribution in [0.15, 0.2) is 79.1 Å². The van der Waals surface area contributed by atoms with E-state index in [2.05, 4.69) is 20.6 Å². The SMILES string of the molecule is CC(=O)c1cccc(Nc2cc(C(=O)Nc3cccc4cccnc34)ccn2)c1. The molecule has 4 rings (SSSR count). The van der Waals surface area contributed by atoms with Gasteiger partial charge in [0, 0.05) is 34.6 Å². The zero-order chi connectivity index (χ0) is 20.2. The van der Waals surface area contributed by atoms with Gasteiger partial charge in [0.1, 0.15) is 5.82 Å². The number of pyridine rings is 2. The maximum Gasteiger partial charge on any atom is 0.255 e. The van der Waals surface area contributed by atoms with Crippen molar-refractivity contribution in [3.63, 3.8) is 0 Å². The quantitative estimate of drug-likeness (QED) is 0.483. The summed E-state index contributed by atoms with van der Waals surface area (Å²) in [6.45, 7) is 1.52. The van der Waals surface area contributed by atoms with Crippen LogP contribution in [0.4, 0.5) is 17.2 Å². The first kappa shape index (κ1) is 18.3. The number of benzene rings is 2. The van der Waals surface area contributed by atoms with Gasteiger partial charge in [-0.3, -0.25) is 14.6 Å². The third-order valence-electron chi connectivity index (χ3n) is 4.44. The van der Waals surface area contributed by atoms with Crippen molar-refractivity contribution in [3.05, 3.63) is 90.3 Å². The molecule has 0 atom stereocenters. The number of hydrogen-bond donors (Lipinski definition) is 2. The lowest BCUT2D eigenvalue weighted by molar-refractivity contribution is 0.101. The van der Waals surface area contributed by atoms with Gasteiger partial charge in [0.25, 0.3) is 5.91 Å². The maximum absolute atomic E-state index is 12.8. The van der Waals surface area contributed by atoms with Gasteiger partial charge in [0.05, 0.1) is 11.2 Å². The number of para-hydroxylation sites is 1. The third kappa shape index (κ3) is 4.11. The molecule has 6 nitrogen and oxygen atoms in total. The first-order valence-electron chi connectivity index (χ1n) is 9.09. The number of fused-ring (bicyclic) bond motifs is 1. The molecule has 29 heavy (non-hydrogen) atoms. The van der Waals surface area contributed by atoms with E-state index < -0.39 is 0 Å². The van der Waals surface area contributed by atoms with Crippen LogP contribution in [0.3, 0.4) is 0 Å². The number of aromatic nitrogens is 2. The molecule has 2 heterocycles. The smallest absolute Gasteiger partial charge is 0.255 e. The summed E-state index contributed by atoms with van der Waals surface area (Å²) in [5.41, 5.74) is 3.16. The zero-order valence-corrected chi connectivity index (χ0v) is 15.7. The van der Waals surface area contributed by atoms with Gasteiger partial charge in [-0.05, 0) is 43.3 Å². The largest absolute Gasteiger partial charge is 0.340 e. The molecular weight excluding hydrogens is 364 g/mol. The summed E-state index contributed by atoms with van der Waals surface area (Å²) in [4.78, 5) is 32.9. The summed E-state index contributed by atoms with van der Waals surface area (Å²) in [7, 11) is 0. The molecule has 0 aliphatic rings. The van der Waals surface area contributed by atoms with E-state index in [0.29, 0.717) is 22.6 Å². The molecule has 0 radical (unpaired) electrons. The molecule has 0 saturated heterocycles. The average molecular weight is 382 g/mol. The molecule has 0 fully saturated rings. The normalized spacial score (nSPS) is 10.5. The fourth-order valence-electron chi connectivity index (χ4n) is 3.00. The number of anilines is 3. The second kappa shape index (κ2) is 7.90. The summed E-state index contributed by atoms with van der Waals surface area (Å²) in [6, 6.07) is 19.9. The summed E-state index contributed by atoms with van der Waals surface area (Å²) in [6.07, 6.45) is 3.26. The molecule has 0 saturated carbocycles. The number of nitrogens with zero attached hydrogens (tertiary/aromatic N) is 2. The van der Waals surface area contributed by atoms with Gasteiger partial charge in [-0.2, -0.15) is 0 Å². The Bertz CT molecular complexity index is 1210. The van der Waals surface area contributed by atoms with E-state index in [1.165, 1.54) is 6.92 Å². The van der Waals surface area contributed by atoms with Crippen molar-refractivity contribution < 1.29 is 9.59 Å². The van der Waals surface area contributed by atoms with Gasteiger partial charge in [-0.1, -0.05) is 30.3 Å². The van der Waals surface area contributed by atoms with Crippen LogP contribution in [0.5, 0.6) is 0 Å². The van der Waals surface area contributed by atoms with E-state index in [1.54, 1.807) is 42.7 Å². The Kier molecular flexibility index (Phi) is 4.99. The van der Waals surface area contributed by atoms with Crippen LogP contribution in [0, 0.1) is 0 Å². The Morgan fingerprint density at radius 1 is 0.828 bits per heavy atom. The highest BCUT2D eigenvalue weighted by Crippen LogP contribution is 2.22. The number of nitrogens with one attached hydrogen (secondary N) is 2. The summed E-state index contributed by atoms with van der Waals surface area (Å²) >= 11 is 0. The van der Waals surface area contributed by atoms with E-state index in [-0.39, 0.29) is 11.7 Å². The van der Waals surface area contributed by atoms with E-state index in [0.717, 1.165) is 16.6 Å². The minimum atomic E-state index is -0.258. The molecule has 6 heteroatoms. The number of rotatable bonds is 5. The van der Waals surface area contributed by atoms with Crippen molar-refractivity contribution in [1.82, 2.24) is 9.97 Å². The number of ketones is 1. The standard InChI is InChI=1S/C23H18N4O2/c1-15(28)17-6-2-8-19(13-17)26-21-14-18(10-12-24-21)23(29)27-20-9-3-5-16-7-4-11-25-22(16)20/h2-14H,1H3,(H,24,26)(H,27,29). The Hall–Kier alpha value is -4.06. The number of carbonyl (C=O) groups excluding carboxylic acids is 2. The van der Waals surface area contributed by atoms with Gasteiger partial charge >= 0.3 is 0 Å². The highest BCUT2D eigenvalue weighted by atomic mass is 16.1. The number of hydrogen-bond acceptors (Lipinski definition) is 5. The van der Waals surface area contributed by atoms with Crippen LogP contribution in [-0.4, -0.2) is 21.7 Å². The van der Waals surface area contributed by atoms with Crippen LogP contribution in [0.25, 0.3) is 10.9 Å². The molecule has 2 N–H and O–H groups in total. The van der Waals surface area contributed by atoms with Crippen LogP contribution in [-0.2, 0) is 0 Å². The predicted octanol–water partition coefficient (Wildman–Crippen LogP) is 4.83. The molecule has 0 aliphatic carbocycles. The Morgan fingerprint density at radius 2 is 1.66 bits per heavy atom. The minimum Gasteiger partial charge on any atom is -0.340 e. The monoisotopic (exact) mass is 382 g/mol. The molecule has 1 amide bonds. The maximum atomic E-state index is 12.8. The molecule has 2 aromatic carbocycles. The van der Waals surface area contributed by atoms with E-state index in [4.69, 9.17) is 0 Å². The van der Waals surface area contributed by atoms with Crippen molar-refractivity contribution in [3.8, 4) is 0 Å². The molecule has 142 valence electrons.